The van der Waals surface area contributed by atoms with Gasteiger partial charge in [-0.3, -0.25) is 5.41 Å². The van der Waals surface area contributed by atoms with E-state index >= 15 is 0 Å². The molecule has 1 aliphatic rings. The van der Waals surface area contributed by atoms with Crippen molar-refractivity contribution in [2.24, 2.45) is 5.73 Å². The monoisotopic (exact) mass is 301 g/mol. The van der Waals surface area contributed by atoms with Gasteiger partial charge in [-0.15, -0.1) is 0 Å². The van der Waals surface area contributed by atoms with Crippen molar-refractivity contribution in [3.05, 3.63) is 60.2 Å². The number of allylic oxidation sites excluding steroid dienone is 2. The van der Waals surface area contributed by atoms with Gasteiger partial charge < -0.3 is 10.6 Å². The van der Waals surface area contributed by atoms with Crippen LogP contribution in [0.4, 0.5) is 5.69 Å². The molecule has 0 amide bonds. The molecule has 0 fully saturated rings. The SMILES string of the molecule is C=CC1=C(C=C)N(CCC(=N)N)c2ccccc2S1.N=N. The Morgan fingerprint density at radius 3 is 2.48 bits per heavy atom. The summed E-state index contributed by atoms with van der Waals surface area (Å²) in [7, 11) is 0. The molecule has 21 heavy (non-hydrogen) atoms. The van der Waals surface area contributed by atoms with Gasteiger partial charge in [0.2, 0.25) is 0 Å². The smallest absolute Gasteiger partial charge is 0.0923 e. The lowest BCUT2D eigenvalue weighted by Crippen LogP contribution is -2.29. The molecule has 0 saturated heterocycles. The minimum absolute atomic E-state index is 0.194. The lowest BCUT2D eigenvalue weighted by atomic mass is 10.2. The molecule has 0 aliphatic carbocycles. The van der Waals surface area contributed by atoms with Crippen LogP contribution >= 0.6 is 11.8 Å². The zero-order valence-corrected chi connectivity index (χ0v) is 12.5. The van der Waals surface area contributed by atoms with E-state index in [1.807, 2.05) is 24.3 Å². The van der Waals surface area contributed by atoms with Gasteiger partial charge in [-0.2, -0.15) is 0 Å². The van der Waals surface area contributed by atoms with Crippen LogP contribution in [0, 0.1) is 16.5 Å². The highest BCUT2D eigenvalue weighted by molar-refractivity contribution is 8.03. The van der Waals surface area contributed by atoms with Crippen molar-refractivity contribution in [3.8, 4) is 0 Å². The van der Waals surface area contributed by atoms with Crippen LogP contribution in [-0.4, -0.2) is 12.4 Å². The molecule has 0 unspecified atom stereocenters. The highest BCUT2D eigenvalue weighted by Gasteiger charge is 2.22. The molecular formula is C15H19N5S. The summed E-state index contributed by atoms with van der Waals surface area (Å²) in [5.74, 6) is 0.194. The Bertz CT molecular complexity index is 579. The average Bonchev–Trinajstić information content (AvgIpc) is 2.53. The standard InChI is InChI=1S/C15H17N3S.H2N2/c1-3-11-13(4-2)19-14-8-6-5-7-12(14)18(11)10-9-15(16)17;1-2/h3-8H,1-2,9-10H2,(H3,16,17);1-2H. The van der Waals surface area contributed by atoms with E-state index in [2.05, 4.69) is 30.2 Å². The molecule has 5 nitrogen and oxygen atoms in total. The first-order chi connectivity index (χ1) is 10.2. The molecule has 1 aromatic rings. The molecule has 0 atom stereocenters. The molecular weight excluding hydrogens is 282 g/mol. The first-order valence-electron chi connectivity index (χ1n) is 6.29. The van der Waals surface area contributed by atoms with E-state index in [0.717, 1.165) is 16.3 Å². The van der Waals surface area contributed by atoms with Crippen molar-refractivity contribution in [2.45, 2.75) is 11.3 Å². The Hall–Kier alpha value is -2.34. The summed E-state index contributed by atoms with van der Waals surface area (Å²) < 4.78 is 0. The lowest BCUT2D eigenvalue weighted by molar-refractivity contribution is 0.904. The van der Waals surface area contributed by atoms with Gasteiger partial charge in [0.05, 0.1) is 17.2 Å². The van der Waals surface area contributed by atoms with Gasteiger partial charge in [-0.1, -0.05) is 43.1 Å². The van der Waals surface area contributed by atoms with Crippen molar-refractivity contribution in [2.75, 3.05) is 11.4 Å². The van der Waals surface area contributed by atoms with Crippen LogP contribution in [0.15, 0.2) is 65.1 Å². The molecule has 2 rings (SSSR count). The Labute approximate surface area is 129 Å². The van der Waals surface area contributed by atoms with E-state index in [1.165, 1.54) is 4.90 Å². The maximum absolute atomic E-state index is 7.40. The predicted molar refractivity (Wildman–Crippen MR) is 89.0 cm³/mol. The first-order valence-corrected chi connectivity index (χ1v) is 7.10. The zero-order valence-electron chi connectivity index (χ0n) is 11.7. The van der Waals surface area contributed by atoms with Gasteiger partial charge in [0.1, 0.15) is 0 Å². The molecule has 1 heterocycles. The van der Waals surface area contributed by atoms with Gasteiger partial charge >= 0.3 is 0 Å². The Kier molecular flexibility index (Phi) is 6.42. The summed E-state index contributed by atoms with van der Waals surface area (Å²) in [6.07, 6.45) is 4.21. The number of benzene rings is 1. The fourth-order valence-corrected chi connectivity index (χ4v) is 3.08. The number of hydrogen-bond acceptors (Lipinski definition) is 5. The summed E-state index contributed by atoms with van der Waals surface area (Å²) >= 11 is 1.69. The summed E-state index contributed by atoms with van der Waals surface area (Å²) in [5.41, 5.74) is 17.6. The van der Waals surface area contributed by atoms with Crippen molar-refractivity contribution >= 4 is 23.3 Å². The van der Waals surface area contributed by atoms with E-state index in [4.69, 9.17) is 22.2 Å². The van der Waals surface area contributed by atoms with Crippen LogP contribution in [0.3, 0.4) is 0 Å². The maximum atomic E-state index is 7.40. The number of thioether (sulfide) groups is 1. The number of amidine groups is 1. The van der Waals surface area contributed by atoms with Gasteiger partial charge in [-0.25, -0.2) is 11.1 Å². The van der Waals surface area contributed by atoms with Crippen molar-refractivity contribution in [1.29, 1.82) is 16.5 Å². The highest BCUT2D eigenvalue weighted by Crippen LogP contribution is 2.43. The third kappa shape index (κ3) is 3.82. The topological polar surface area (TPSA) is 101 Å². The van der Waals surface area contributed by atoms with Crippen molar-refractivity contribution < 1.29 is 0 Å². The highest BCUT2D eigenvalue weighted by atomic mass is 32.2. The van der Waals surface area contributed by atoms with Gasteiger partial charge in [-0.05, 0) is 18.2 Å². The Morgan fingerprint density at radius 1 is 1.24 bits per heavy atom. The van der Waals surface area contributed by atoms with Gasteiger partial charge in [0.25, 0.3) is 0 Å². The van der Waals surface area contributed by atoms with Crippen LogP contribution in [0.1, 0.15) is 6.42 Å². The largest absolute Gasteiger partial charge is 0.388 e. The third-order valence-electron chi connectivity index (χ3n) is 2.90. The number of hydrogen-bond donors (Lipinski definition) is 4. The number of para-hydroxylation sites is 1. The number of nitrogens with zero attached hydrogens (tertiary/aromatic N) is 1. The molecule has 0 bridgehead atoms. The fraction of sp³-hybridized carbons (Fsp3) is 0.133. The van der Waals surface area contributed by atoms with Crippen molar-refractivity contribution in [1.82, 2.24) is 0 Å². The minimum Gasteiger partial charge on any atom is -0.388 e. The van der Waals surface area contributed by atoms with E-state index in [1.54, 1.807) is 11.8 Å². The maximum Gasteiger partial charge on any atom is 0.0923 e. The molecule has 0 spiro atoms. The lowest BCUT2D eigenvalue weighted by Gasteiger charge is -2.33. The van der Waals surface area contributed by atoms with Gasteiger partial charge in [0.15, 0.2) is 0 Å². The molecule has 110 valence electrons. The van der Waals surface area contributed by atoms with Crippen LogP contribution in [0.2, 0.25) is 0 Å². The summed E-state index contributed by atoms with van der Waals surface area (Å²) in [4.78, 5) is 4.42. The molecule has 6 heteroatoms. The fourth-order valence-electron chi connectivity index (χ4n) is 2.03. The van der Waals surface area contributed by atoms with Crippen LogP contribution < -0.4 is 10.6 Å². The Morgan fingerprint density at radius 2 is 1.90 bits per heavy atom. The summed E-state index contributed by atoms with van der Waals surface area (Å²) in [5, 5.41) is 7.40. The van der Waals surface area contributed by atoms with Crippen LogP contribution in [0.5, 0.6) is 0 Å². The normalized spacial score (nSPS) is 12.9. The first kappa shape index (κ1) is 16.7. The molecule has 1 aliphatic heterocycles. The van der Waals surface area contributed by atoms with E-state index in [9.17, 15) is 0 Å². The molecule has 0 saturated carbocycles. The minimum atomic E-state index is 0.194. The van der Waals surface area contributed by atoms with Crippen LogP contribution in [0.25, 0.3) is 0 Å². The van der Waals surface area contributed by atoms with E-state index in [-0.39, 0.29) is 5.84 Å². The zero-order chi connectivity index (χ0) is 15.8. The number of nitrogens with two attached hydrogens (primary N) is 1. The molecule has 0 radical (unpaired) electrons. The summed E-state index contributed by atoms with van der Waals surface area (Å²) in [6.45, 7) is 8.42. The third-order valence-corrected chi connectivity index (χ3v) is 4.06. The quantitative estimate of drug-likeness (QED) is 0.374. The molecule has 5 N–H and O–H groups in total. The molecule has 0 aromatic heterocycles. The predicted octanol–water partition coefficient (Wildman–Crippen LogP) is 4.10. The van der Waals surface area contributed by atoms with Crippen LogP contribution in [-0.2, 0) is 0 Å². The van der Waals surface area contributed by atoms with Gasteiger partial charge in [0, 0.05) is 22.8 Å². The number of nitrogens with one attached hydrogen (secondary N) is 3. The van der Waals surface area contributed by atoms with E-state index < -0.39 is 0 Å². The molecule has 1 aromatic carbocycles. The summed E-state index contributed by atoms with van der Waals surface area (Å²) in [6, 6.07) is 8.20. The van der Waals surface area contributed by atoms with E-state index in [0.29, 0.717) is 13.0 Å². The number of rotatable bonds is 5. The Balaban J connectivity index is 0.00000106. The second-order valence-corrected chi connectivity index (χ2v) is 5.24. The second kappa shape index (κ2) is 8.06. The average molecular weight is 301 g/mol. The second-order valence-electron chi connectivity index (χ2n) is 4.15. The number of fused-ring (bicyclic) bond motifs is 1. The number of anilines is 1. The van der Waals surface area contributed by atoms with Crippen molar-refractivity contribution in [3.63, 3.8) is 0 Å².